The molecule has 2 aliphatic heterocycles. The second-order valence-electron chi connectivity index (χ2n) is 15.8. The Balaban J connectivity index is 0.000000240. The van der Waals surface area contributed by atoms with Crippen molar-refractivity contribution in [2.45, 2.75) is 66.2 Å². The predicted octanol–water partition coefficient (Wildman–Crippen LogP) is 10.0. The highest BCUT2D eigenvalue weighted by Gasteiger charge is 2.45. The second-order valence-corrected chi connectivity index (χ2v) is 15.8. The summed E-state index contributed by atoms with van der Waals surface area (Å²) in [5.74, 6) is -4.37. The van der Waals surface area contributed by atoms with Gasteiger partial charge in [-0.1, -0.05) is 40.8 Å². The Labute approximate surface area is 382 Å². The Hall–Kier alpha value is -7.46. The molecule has 0 radical (unpaired) electrons. The molecule has 340 valence electrons. The largest absolute Gasteiger partial charge is 0.338 e. The summed E-state index contributed by atoms with van der Waals surface area (Å²) in [5, 5.41) is 19.9. The third-order valence-electron chi connectivity index (χ3n) is 12.6. The van der Waals surface area contributed by atoms with Gasteiger partial charge in [0.2, 0.25) is 0 Å². The van der Waals surface area contributed by atoms with Crippen LogP contribution in [0.1, 0.15) is 98.1 Å². The van der Waals surface area contributed by atoms with Crippen LogP contribution in [0.2, 0.25) is 0 Å². The lowest BCUT2D eigenvalue weighted by Crippen LogP contribution is -2.45. The van der Waals surface area contributed by atoms with Crippen LogP contribution < -0.4 is 0 Å². The van der Waals surface area contributed by atoms with Gasteiger partial charge in [-0.05, 0) is 86.3 Å². The minimum absolute atomic E-state index is 0. The van der Waals surface area contributed by atoms with Crippen molar-refractivity contribution in [2.24, 2.45) is 10.8 Å². The maximum absolute atomic E-state index is 14.4. The van der Waals surface area contributed by atoms with Crippen molar-refractivity contribution >= 4 is 11.8 Å². The second kappa shape index (κ2) is 21.5. The summed E-state index contributed by atoms with van der Waals surface area (Å²) in [6, 6.07) is 22.2. The number of halogens is 4. The van der Waals surface area contributed by atoms with Gasteiger partial charge in [0.15, 0.2) is 0 Å². The zero-order chi connectivity index (χ0) is 45.4. The molecule has 2 amide bonds. The van der Waals surface area contributed by atoms with E-state index < -0.39 is 45.9 Å². The first-order chi connectivity index (χ1) is 30.9. The van der Waals surface area contributed by atoms with E-state index in [2.05, 4.69) is 42.0 Å². The molecular formula is C50H50F4N10O2. The van der Waals surface area contributed by atoms with E-state index in [0.717, 1.165) is 0 Å². The molecule has 2 aromatic carbocycles. The van der Waals surface area contributed by atoms with Crippen LogP contribution in [-0.2, 0) is 0 Å². The maximum atomic E-state index is 14.4. The first-order valence-electron chi connectivity index (χ1n) is 20.6. The highest BCUT2D eigenvalue weighted by Crippen LogP contribution is 2.47. The van der Waals surface area contributed by atoms with E-state index in [9.17, 15) is 37.7 Å². The van der Waals surface area contributed by atoms with E-state index in [1.54, 1.807) is 84.8 Å². The normalized spacial score (nSPS) is 15.8. The molecule has 0 unspecified atom stereocenters. The predicted molar refractivity (Wildman–Crippen MR) is 240 cm³/mol. The van der Waals surface area contributed by atoms with Gasteiger partial charge in [-0.15, -0.1) is 0 Å². The number of carbonyl (C=O) groups excluding carboxylic acids is 2. The van der Waals surface area contributed by atoms with Crippen molar-refractivity contribution in [1.82, 2.24) is 39.7 Å². The van der Waals surface area contributed by atoms with Gasteiger partial charge in [-0.3, -0.25) is 19.6 Å². The van der Waals surface area contributed by atoms with Gasteiger partial charge >= 0.3 is 0 Å². The summed E-state index contributed by atoms with van der Waals surface area (Å²) in [6.45, 7) is 4.54. The van der Waals surface area contributed by atoms with Gasteiger partial charge < -0.3 is 9.80 Å². The topological polar surface area (TPSA) is 166 Å². The Morgan fingerprint density at radius 2 is 0.894 bits per heavy atom. The van der Waals surface area contributed by atoms with Crippen LogP contribution in [0.3, 0.4) is 0 Å². The van der Waals surface area contributed by atoms with Crippen molar-refractivity contribution in [3.63, 3.8) is 0 Å². The molecular weight excluding hydrogens is 849 g/mol. The van der Waals surface area contributed by atoms with Crippen LogP contribution in [0.4, 0.5) is 17.6 Å². The highest BCUT2D eigenvalue weighted by atomic mass is 19.1. The van der Waals surface area contributed by atoms with E-state index in [4.69, 9.17) is 0 Å². The first kappa shape index (κ1) is 49.6. The fraction of sp³-hybridized carbons (Fsp3) is 0.320. The fourth-order valence-electron chi connectivity index (χ4n) is 8.67. The molecule has 4 aromatic heterocycles. The third kappa shape index (κ3) is 9.93. The lowest BCUT2D eigenvalue weighted by molar-refractivity contribution is 0.0613. The number of aromatic nitrogens is 6. The highest BCUT2D eigenvalue weighted by molar-refractivity contribution is 6.00. The van der Waals surface area contributed by atoms with Crippen LogP contribution in [-0.4, -0.2) is 77.7 Å². The number of piperidine rings is 2. The summed E-state index contributed by atoms with van der Waals surface area (Å²) in [4.78, 5) is 54.7. The number of nitriles is 2. The van der Waals surface area contributed by atoms with Crippen molar-refractivity contribution in [3.8, 4) is 34.9 Å². The van der Waals surface area contributed by atoms with Crippen LogP contribution in [0.25, 0.3) is 22.8 Å². The zero-order valence-electron chi connectivity index (χ0n) is 35.0. The van der Waals surface area contributed by atoms with E-state index in [1.165, 1.54) is 49.1 Å². The van der Waals surface area contributed by atoms with Crippen molar-refractivity contribution in [2.75, 3.05) is 26.2 Å². The van der Waals surface area contributed by atoms with Gasteiger partial charge in [-0.2, -0.15) is 10.5 Å². The molecule has 2 atom stereocenters. The summed E-state index contributed by atoms with van der Waals surface area (Å²) in [7, 11) is 0. The number of carbonyl (C=O) groups is 2. The van der Waals surface area contributed by atoms with Crippen LogP contribution in [0, 0.1) is 56.8 Å². The Morgan fingerprint density at radius 1 is 0.545 bits per heavy atom. The number of hydrogen-bond donors (Lipinski definition) is 0. The number of pyridine rings is 2. The molecule has 0 spiro atoms. The van der Waals surface area contributed by atoms with Gasteiger partial charge in [0.05, 0.1) is 45.5 Å². The number of nitrogens with zero attached hydrogens (tertiary/aromatic N) is 10. The average Bonchev–Trinajstić information content (AvgIpc) is 3.34. The fourth-order valence-corrected chi connectivity index (χ4v) is 8.67. The molecule has 6 aromatic rings. The number of benzene rings is 2. The minimum atomic E-state index is -0.968. The number of rotatable bonds is 8. The molecule has 6 heterocycles. The summed E-state index contributed by atoms with van der Waals surface area (Å²) in [6.07, 6.45) is 10.4. The number of amides is 2. The van der Waals surface area contributed by atoms with Crippen molar-refractivity contribution in [1.29, 1.82) is 10.5 Å². The molecule has 66 heavy (non-hydrogen) atoms. The molecule has 8 rings (SSSR count). The lowest BCUT2D eigenvalue weighted by atomic mass is 9.67. The minimum Gasteiger partial charge on any atom is -0.338 e. The summed E-state index contributed by atoms with van der Waals surface area (Å²) < 4.78 is 57.5. The van der Waals surface area contributed by atoms with Crippen molar-refractivity contribution in [3.05, 3.63) is 156 Å². The molecule has 2 aliphatic rings. The van der Waals surface area contributed by atoms with Gasteiger partial charge in [0.25, 0.3) is 11.8 Å². The summed E-state index contributed by atoms with van der Waals surface area (Å²) in [5.41, 5.74) is 0.714. The molecule has 0 saturated carbocycles. The zero-order valence-corrected chi connectivity index (χ0v) is 35.0. The van der Waals surface area contributed by atoms with Crippen LogP contribution in [0.15, 0.2) is 110 Å². The van der Waals surface area contributed by atoms with Crippen LogP contribution >= 0.6 is 0 Å². The summed E-state index contributed by atoms with van der Waals surface area (Å²) >= 11 is 0. The van der Waals surface area contributed by atoms with Crippen LogP contribution in [0.5, 0.6) is 0 Å². The average molecular weight is 899 g/mol. The molecule has 12 nitrogen and oxygen atoms in total. The van der Waals surface area contributed by atoms with E-state index >= 15 is 0 Å². The Kier molecular flexibility index (Phi) is 16.1. The van der Waals surface area contributed by atoms with E-state index in [0.29, 0.717) is 85.8 Å². The Morgan fingerprint density at radius 3 is 1.20 bits per heavy atom. The smallest absolute Gasteiger partial charge is 0.256 e. The molecule has 0 N–H and O–H groups in total. The van der Waals surface area contributed by atoms with Crippen molar-refractivity contribution < 1.29 is 27.2 Å². The maximum Gasteiger partial charge on any atom is 0.256 e. The molecule has 0 bridgehead atoms. The van der Waals surface area contributed by atoms with Gasteiger partial charge in [0.1, 0.15) is 47.3 Å². The SMILES string of the molecule is C.C.C[C@@H](c1c(F)cccc1F)C1(C#N)CCN(C(=O)c2cccnc2-c2ccncn2)CC1.C[C@H](c1c(F)cccc1F)C1(C#N)CCN(C(=O)c2cccnc2-c2ccncn2)CC1. The quantitative estimate of drug-likeness (QED) is 0.134. The molecule has 0 aliphatic carbocycles. The first-order valence-corrected chi connectivity index (χ1v) is 20.6. The molecule has 2 saturated heterocycles. The molecule has 16 heteroatoms. The molecule has 2 fully saturated rings. The van der Waals surface area contributed by atoms with Gasteiger partial charge in [0, 0.05) is 73.9 Å². The Bertz CT molecular complexity index is 2490. The number of hydrogen-bond acceptors (Lipinski definition) is 10. The monoisotopic (exact) mass is 898 g/mol. The van der Waals surface area contributed by atoms with E-state index in [-0.39, 0.29) is 37.8 Å². The third-order valence-corrected chi connectivity index (χ3v) is 12.6. The van der Waals surface area contributed by atoms with E-state index in [1.807, 2.05) is 0 Å². The number of likely N-dealkylation sites (tertiary alicyclic amines) is 2. The standard InChI is InChI=1S/2C24H21F2N5O.2CH4/c2*1-16(21-18(25)5-2-6-19(21)26)24(14-27)8-12-31(13-9-24)23(32)17-4-3-10-29-22(17)20-7-11-28-15-30-20;;/h2*2-7,10-11,15-16H,8-9,12-13H2,1H3;2*1H4/t2*16-;;/m10../s1. The van der Waals surface area contributed by atoms with Gasteiger partial charge in [-0.25, -0.2) is 37.5 Å². The lowest BCUT2D eigenvalue weighted by Gasteiger charge is -2.41.